The Morgan fingerprint density at radius 3 is 2.25 bits per heavy atom. The summed E-state index contributed by atoms with van der Waals surface area (Å²) in [6.45, 7) is 1.31. The van der Waals surface area contributed by atoms with E-state index in [-0.39, 0.29) is 31.2 Å². The average molecular weight is 472 g/mol. The smallest absolute Gasteiger partial charge is 0.418 e. The third kappa shape index (κ3) is 5.90. The van der Waals surface area contributed by atoms with Gasteiger partial charge in [-0.15, -0.1) is 0 Å². The number of ether oxygens (including phenoxy) is 1. The van der Waals surface area contributed by atoms with Gasteiger partial charge in [-0.25, -0.2) is 13.6 Å². The molecular weight excluding hydrogens is 449 g/mol. The standard InChI is InChI=1S/C20H23F3N4O4S/c1-31-15-4-2-14(3-5-15)25-19(28)13-26-8-10-27(11-9-26)18-7-6-16(32(24,29)30)12-17(18)20(21,22)23/h2-7,12H,8-11,13H2,1H3,(H,25,28)(H2,24,29,30). The van der Waals surface area contributed by atoms with Gasteiger partial charge in [-0.1, -0.05) is 0 Å². The van der Waals surface area contributed by atoms with Crippen LogP contribution in [0.15, 0.2) is 47.4 Å². The molecule has 1 amide bonds. The molecule has 2 aromatic rings. The van der Waals surface area contributed by atoms with Gasteiger partial charge in [0.1, 0.15) is 5.75 Å². The van der Waals surface area contributed by atoms with Gasteiger partial charge < -0.3 is 15.0 Å². The first-order valence-corrected chi connectivity index (χ1v) is 11.2. The number of rotatable bonds is 6. The number of primary sulfonamides is 1. The molecule has 1 heterocycles. The number of halogens is 3. The molecule has 0 saturated carbocycles. The third-order valence-corrected chi connectivity index (χ3v) is 5.97. The van der Waals surface area contributed by atoms with E-state index in [1.807, 2.05) is 4.90 Å². The molecule has 8 nitrogen and oxygen atoms in total. The molecule has 2 aromatic carbocycles. The van der Waals surface area contributed by atoms with E-state index in [1.165, 1.54) is 4.90 Å². The summed E-state index contributed by atoms with van der Waals surface area (Å²) in [6.07, 6.45) is -4.74. The SMILES string of the molecule is COc1ccc(NC(=O)CN2CCN(c3ccc(S(N)(=O)=O)cc3C(F)(F)F)CC2)cc1. The molecule has 3 N–H and O–H groups in total. The molecular formula is C20H23F3N4O4S. The van der Waals surface area contributed by atoms with Crippen molar-refractivity contribution < 1.29 is 31.1 Å². The zero-order chi connectivity index (χ0) is 23.5. The molecule has 32 heavy (non-hydrogen) atoms. The number of alkyl halides is 3. The molecule has 0 atom stereocenters. The van der Waals surface area contributed by atoms with E-state index in [4.69, 9.17) is 9.88 Å². The normalized spacial score (nSPS) is 15.5. The van der Waals surface area contributed by atoms with E-state index >= 15 is 0 Å². The van der Waals surface area contributed by atoms with Gasteiger partial charge in [0.2, 0.25) is 15.9 Å². The highest BCUT2D eigenvalue weighted by Gasteiger charge is 2.36. The van der Waals surface area contributed by atoms with Gasteiger partial charge in [0.25, 0.3) is 0 Å². The molecule has 1 aliphatic rings. The largest absolute Gasteiger partial charge is 0.497 e. The Kier molecular flexibility index (Phi) is 6.96. The zero-order valence-electron chi connectivity index (χ0n) is 17.2. The highest BCUT2D eigenvalue weighted by molar-refractivity contribution is 7.89. The first-order chi connectivity index (χ1) is 15.0. The number of sulfonamides is 1. The summed E-state index contributed by atoms with van der Waals surface area (Å²) in [4.78, 5) is 15.0. The predicted octanol–water partition coefficient (Wildman–Crippen LogP) is 2.12. The van der Waals surface area contributed by atoms with Crippen molar-refractivity contribution in [1.29, 1.82) is 0 Å². The molecule has 0 radical (unpaired) electrons. The Morgan fingerprint density at radius 1 is 1.09 bits per heavy atom. The van der Waals surface area contributed by atoms with Crippen LogP contribution in [0.4, 0.5) is 24.5 Å². The van der Waals surface area contributed by atoms with Crippen LogP contribution in [0.2, 0.25) is 0 Å². The Bertz CT molecular complexity index is 1070. The molecule has 0 bridgehead atoms. The number of hydrogen-bond donors (Lipinski definition) is 2. The summed E-state index contributed by atoms with van der Waals surface area (Å²) in [5.74, 6) is 0.423. The number of methoxy groups -OCH3 is 1. The van der Waals surface area contributed by atoms with Crippen LogP contribution in [-0.4, -0.2) is 59.1 Å². The number of hydrogen-bond acceptors (Lipinski definition) is 6. The van der Waals surface area contributed by atoms with Crippen molar-refractivity contribution in [3.05, 3.63) is 48.0 Å². The number of nitrogens with one attached hydrogen (secondary N) is 1. The number of nitrogens with two attached hydrogens (primary N) is 1. The van der Waals surface area contributed by atoms with Gasteiger partial charge in [0.05, 0.1) is 24.1 Å². The maximum Gasteiger partial charge on any atom is 0.418 e. The third-order valence-electron chi connectivity index (χ3n) is 5.06. The van der Waals surface area contributed by atoms with Crippen LogP contribution in [0.5, 0.6) is 5.75 Å². The van der Waals surface area contributed by atoms with Crippen molar-refractivity contribution in [1.82, 2.24) is 4.90 Å². The number of piperazine rings is 1. The Morgan fingerprint density at radius 2 is 1.72 bits per heavy atom. The van der Waals surface area contributed by atoms with Crippen LogP contribution >= 0.6 is 0 Å². The minimum Gasteiger partial charge on any atom is -0.497 e. The molecule has 0 spiro atoms. The summed E-state index contributed by atoms with van der Waals surface area (Å²) in [7, 11) is -2.72. The average Bonchev–Trinajstić information content (AvgIpc) is 2.73. The van der Waals surface area contributed by atoms with Crippen LogP contribution in [0.1, 0.15) is 5.56 Å². The molecule has 12 heteroatoms. The lowest BCUT2D eigenvalue weighted by molar-refractivity contribution is -0.137. The van der Waals surface area contributed by atoms with Crippen molar-refractivity contribution in [3.8, 4) is 5.75 Å². The Balaban J connectivity index is 1.63. The molecule has 1 fully saturated rings. The summed E-state index contributed by atoms with van der Waals surface area (Å²) >= 11 is 0. The van der Waals surface area contributed by atoms with E-state index < -0.39 is 26.7 Å². The van der Waals surface area contributed by atoms with Gasteiger partial charge >= 0.3 is 6.18 Å². The summed E-state index contributed by atoms with van der Waals surface area (Å²) in [5.41, 5.74) is -0.568. The van der Waals surface area contributed by atoms with Gasteiger partial charge in [-0.05, 0) is 42.5 Å². The lowest BCUT2D eigenvalue weighted by Gasteiger charge is -2.36. The molecule has 174 valence electrons. The van der Waals surface area contributed by atoms with Crippen molar-refractivity contribution in [2.75, 3.05) is 50.1 Å². The Hall–Kier alpha value is -2.83. The monoisotopic (exact) mass is 472 g/mol. The second-order valence-corrected chi connectivity index (χ2v) is 8.82. The minimum atomic E-state index is -4.74. The molecule has 0 aliphatic carbocycles. The summed E-state index contributed by atoms with van der Waals surface area (Å²) < 4.78 is 68.6. The van der Waals surface area contributed by atoms with Crippen molar-refractivity contribution >= 4 is 27.3 Å². The topological polar surface area (TPSA) is 105 Å². The van der Waals surface area contributed by atoms with E-state index in [0.717, 1.165) is 12.1 Å². The molecule has 3 rings (SSSR count). The number of anilines is 2. The van der Waals surface area contributed by atoms with Crippen LogP contribution in [0.25, 0.3) is 0 Å². The number of benzene rings is 2. The first kappa shape index (κ1) is 23.8. The van der Waals surface area contributed by atoms with Crippen LogP contribution in [0, 0.1) is 0 Å². The lowest BCUT2D eigenvalue weighted by Crippen LogP contribution is -2.49. The number of nitrogens with zero attached hydrogens (tertiary/aromatic N) is 2. The zero-order valence-corrected chi connectivity index (χ0v) is 18.0. The first-order valence-electron chi connectivity index (χ1n) is 9.62. The quantitative estimate of drug-likeness (QED) is 0.668. The molecule has 0 unspecified atom stereocenters. The fraction of sp³-hybridized carbons (Fsp3) is 0.350. The predicted molar refractivity (Wildman–Crippen MR) is 113 cm³/mol. The van der Waals surface area contributed by atoms with Crippen LogP contribution in [-0.2, 0) is 21.0 Å². The van der Waals surface area contributed by atoms with E-state index in [1.54, 1.807) is 31.4 Å². The van der Waals surface area contributed by atoms with Crippen LogP contribution < -0.4 is 20.1 Å². The highest BCUT2D eigenvalue weighted by atomic mass is 32.2. The number of carbonyl (C=O) groups excluding carboxylic acids is 1. The summed E-state index contributed by atoms with van der Waals surface area (Å²) in [5, 5.41) is 7.74. The summed E-state index contributed by atoms with van der Waals surface area (Å²) in [6, 6.07) is 9.58. The van der Waals surface area contributed by atoms with E-state index in [9.17, 15) is 26.4 Å². The molecule has 1 saturated heterocycles. The minimum absolute atomic E-state index is 0.0936. The highest BCUT2D eigenvalue weighted by Crippen LogP contribution is 2.38. The van der Waals surface area contributed by atoms with Gasteiger partial charge in [0, 0.05) is 37.6 Å². The molecule has 1 aliphatic heterocycles. The van der Waals surface area contributed by atoms with Gasteiger partial charge in [-0.2, -0.15) is 13.2 Å². The van der Waals surface area contributed by atoms with Crippen molar-refractivity contribution in [3.63, 3.8) is 0 Å². The van der Waals surface area contributed by atoms with Gasteiger partial charge in [-0.3, -0.25) is 9.69 Å². The van der Waals surface area contributed by atoms with E-state index in [2.05, 4.69) is 5.32 Å². The fourth-order valence-electron chi connectivity index (χ4n) is 3.42. The lowest BCUT2D eigenvalue weighted by atomic mass is 10.1. The van der Waals surface area contributed by atoms with Crippen LogP contribution in [0.3, 0.4) is 0 Å². The van der Waals surface area contributed by atoms with Gasteiger partial charge in [0.15, 0.2) is 0 Å². The second-order valence-electron chi connectivity index (χ2n) is 7.26. The maximum absolute atomic E-state index is 13.5. The van der Waals surface area contributed by atoms with E-state index in [0.29, 0.717) is 30.6 Å². The second kappa shape index (κ2) is 9.35. The maximum atomic E-state index is 13.5. The van der Waals surface area contributed by atoms with Crippen molar-refractivity contribution in [2.45, 2.75) is 11.1 Å². The van der Waals surface area contributed by atoms with Crippen molar-refractivity contribution in [2.24, 2.45) is 5.14 Å². The fourth-order valence-corrected chi connectivity index (χ4v) is 3.96. The number of amides is 1. The number of carbonyl (C=O) groups is 1. The molecule has 0 aromatic heterocycles. The Labute approximate surface area is 183 Å².